The van der Waals surface area contributed by atoms with Crippen LogP contribution in [0.2, 0.25) is 0 Å². The van der Waals surface area contributed by atoms with Crippen molar-refractivity contribution in [1.82, 2.24) is 5.06 Å². The lowest BCUT2D eigenvalue weighted by Crippen LogP contribution is -2.21. The van der Waals surface area contributed by atoms with Crippen molar-refractivity contribution in [3.8, 4) is 5.75 Å². The molecule has 0 bridgehead atoms. The van der Waals surface area contributed by atoms with Gasteiger partial charge in [-0.1, -0.05) is 67.2 Å². The smallest absolute Gasteiger partial charge is 0.245 e. The minimum atomic E-state index is -0.209. The third-order valence-electron chi connectivity index (χ3n) is 5.11. The van der Waals surface area contributed by atoms with Crippen LogP contribution >= 0.6 is 11.8 Å². The second-order valence-corrected chi connectivity index (χ2v) is 11.2. The molecule has 1 amide bonds. The number of carbonyl (C=O) groups excluding carboxylic acids is 1. The maximum atomic E-state index is 11.3. The van der Waals surface area contributed by atoms with Crippen LogP contribution in [0.5, 0.6) is 5.75 Å². The van der Waals surface area contributed by atoms with E-state index in [1.807, 2.05) is 11.8 Å². The highest BCUT2D eigenvalue weighted by Crippen LogP contribution is 2.41. The molecule has 0 saturated heterocycles. The first kappa shape index (κ1) is 25.8. The molecule has 0 unspecified atom stereocenters. The van der Waals surface area contributed by atoms with Gasteiger partial charge in [-0.25, -0.2) is 5.06 Å². The summed E-state index contributed by atoms with van der Waals surface area (Å²) in [7, 11) is 1.38. The molecule has 0 saturated carbocycles. The highest BCUT2D eigenvalue weighted by Gasteiger charge is 2.26. The van der Waals surface area contributed by atoms with Gasteiger partial charge >= 0.3 is 0 Å². The molecule has 1 rings (SSSR count). The Hall–Kier alpha value is -1.20. The lowest BCUT2D eigenvalue weighted by molar-refractivity contribution is -0.159. The Labute approximate surface area is 182 Å². The molecule has 0 atom stereocenters. The van der Waals surface area contributed by atoms with Crippen LogP contribution in [0.25, 0.3) is 0 Å². The van der Waals surface area contributed by atoms with Crippen molar-refractivity contribution < 1.29 is 15.1 Å². The van der Waals surface area contributed by atoms with E-state index in [1.54, 1.807) is 0 Å². The van der Waals surface area contributed by atoms with Crippen LogP contribution < -0.4 is 0 Å². The third kappa shape index (κ3) is 9.00. The predicted molar refractivity (Wildman–Crippen MR) is 123 cm³/mol. The second-order valence-electron chi connectivity index (χ2n) is 10.0. The van der Waals surface area contributed by atoms with Gasteiger partial charge in [0.05, 0.1) is 0 Å². The molecule has 0 fully saturated rings. The van der Waals surface area contributed by atoms with Crippen molar-refractivity contribution in [2.45, 2.75) is 102 Å². The van der Waals surface area contributed by atoms with E-state index in [-0.39, 0.29) is 16.7 Å². The van der Waals surface area contributed by atoms with Gasteiger partial charge in [0.1, 0.15) is 5.75 Å². The zero-order valence-corrected chi connectivity index (χ0v) is 20.3. The van der Waals surface area contributed by atoms with E-state index in [1.165, 1.54) is 31.2 Å². The Bertz CT molecular complexity index is 622. The molecule has 1 aromatic rings. The first-order chi connectivity index (χ1) is 13.3. The molecule has 0 aromatic heterocycles. The van der Waals surface area contributed by atoms with Crippen LogP contribution in [0.15, 0.2) is 17.0 Å². The number of rotatable bonds is 10. The van der Waals surface area contributed by atoms with Crippen molar-refractivity contribution in [2.24, 2.45) is 0 Å². The number of hydrogen-bond acceptors (Lipinski definition) is 4. The van der Waals surface area contributed by atoms with Crippen molar-refractivity contribution >= 4 is 17.7 Å². The number of carbonyl (C=O) groups is 1. The molecule has 5 heteroatoms. The summed E-state index contributed by atoms with van der Waals surface area (Å²) in [6.07, 6.45) is 6.98. The number of benzene rings is 1. The molecule has 166 valence electrons. The first-order valence-electron chi connectivity index (χ1n) is 10.8. The Balaban J connectivity index is 2.48. The zero-order chi connectivity index (χ0) is 22.2. The first-order valence-corrected chi connectivity index (χ1v) is 11.8. The van der Waals surface area contributed by atoms with E-state index >= 15 is 0 Å². The molecule has 1 aromatic carbocycles. The number of nitrogens with zero attached hydrogens (tertiary/aromatic N) is 1. The van der Waals surface area contributed by atoms with E-state index in [9.17, 15) is 9.90 Å². The molecular weight excluding hydrogens is 382 g/mol. The van der Waals surface area contributed by atoms with E-state index in [0.717, 1.165) is 36.1 Å². The van der Waals surface area contributed by atoms with Crippen molar-refractivity contribution in [3.63, 3.8) is 0 Å². The lowest BCUT2D eigenvalue weighted by atomic mass is 9.79. The zero-order valence-electron chi connectivity index (χ0n) is 19.5. The highest BCUT2D eigenvalue weighted by molar-refractivity contribution is 7.99. The standard InChI is InChI=1S/C24H41NO3S/c1-23(2,3)19-16-18(17-20(22(19)27)24(4,5)6)29-15-13-11-9-8-10-12-14-21(26)25(7)28/h16-17,27-28H,8-15H2,1-7H3. The highest BCUT2D eigenvalue weighted by atomic mass is 32.2. The number of thioether (sulfide) groups is 1. The SMILES string of the molecule is CN(O)C(=O)CCCCCCCCSc1cc(C(C)(C)C)c(O)c(C(C)(C)C)c1. The fourth-order valence-corrected chi connectivity index (χ4v) is 4.26. The number of hydrogen-bond donors (Lipinski definition) is 2. The van der Waals surface area contributed by atoms with Crippen molar-refractivity contribution in [3.05, 3.63) is 23.3 Å². The molecule has 0 aliphatic carbocycles. The van der Waals surface area contributed by atoms with Gasteiger partial charge in [-0.15, -0.1) is 11.8 Å². The van der Waals surface area contributed by atoms with Crippen LogP contribution in [-0.2, 0) is 15.6 Å². The van der Waals surface area contributed by atoms with Gasteiger partial charge in [0.25, 0.3) is 0 Å². The molecule has 0 aliphatic heterocycles. The molecule has 0 radical (unpaired) electrons. The third-order valence-corrected chi connectivity index (χ3v) is 6.18. The minimum absolute atomic E-state index is 0.0904. The molecule has 29 heavy (non-hydrogen) atoms. The van der Waals surface area contributed by atoms with Crippen LogP contribution in [-0.4, -0.2) is 34.1 Å². The van der Waals surface area contributed by atoms with E-state index in [0.29, 0.717) is 17.2 Å². The summed E-state index contributed by atoms with van der Waals surface area (Å²) in [5.41, 5.74) is 1.87. The van der Waals surface area contributed by atoms with Crippen molar-refractivity contribution in [2.75, 3.05) is 12.8 Å². The van der Waals surface area contributed by atoms with E-state index in [2.05, 4.69) is 53.7 Å². The summed E-state index contributed by atoms with van der Waals surface area (Å²) >= 11 is 1.88. The summed E-state index contributed by atoms with van der Waals surface area (Å²) in [5.74, 6) is 1.31. The summed E-state index contributed by atoms with van der Waals surface area (Å²) in [6.45, 7) is 12.9. The largest absolute Gasteiger partial charge is 0.507 e. The maximum Gasteiger partial charge on any atom is 0.245 e. The molecule has 0 heterocycles. The quantitative estimate of drug-likeness (QED) is 0.191. The molecule has 4 nitrogen and oxygen atoms in total. The van der Waals surface area contributed by atoms with Crippen molar-refractivity contribution in [1.29, 1.82) is 0 Å². The van der Waals surface area contributed by atoms with Gasteiger partial charge in [-0.05, 0) is 41.6 Å². The number of aromatic hydroxyl groups is 1. The molecule has 0 spiro atoms. The van der Waals surface area contributed by atoms with Gasteiger partial charge in [-0.3, -0.25) is 10.0 Å². The van der Waals surface area contributed by atoms with Gasteiger partial charge in [-0.2, -0.15) is 0 Å². The fourth-order valence-electron chi connectivity index (χ4n) is 3.27. The molecule has 2 N–H and O–H groups in total. The summed E-state index contributed by atoms with van der Waals surface area (Å²) in [6, 6.07) is 4.31. The second kappa shape index (κ2) is 11.3. The number of phenolic OH excluding ortho intramolecular Hbond substituents is 1. The number of hydroxylamine groups is 2. The summed E-state index contributed by atoms with van der Waals surface area (Å²) < 4.78 is 0. The summed E-state index contributed by atoms with van der Waals surface area (Å²) in [5, 5.41) is 20.5. The summed E-state index contributed by atoms with van der Waals surface area (Å²) in [4.78, 5) is 12.5. The average molecular weight is 424 g/mol. The van der Waals surface area contributed by atoms with Gasteiger partial charge in [0.15, 0.2) is 0 Å². The minimum Gasteiger partial charge on any atom is -0.507 e. The van der Waals surface area contributed by atoms with Crippen LogP contribution in [0.4, 0.5) is 0 Å². The Morgan fingerprint density at radius 1 is 0.897 bits per heavy atom. The normalized spacial score (nSPS) is 12.3. The fraction of sp³-hybridized carbons (Fsp3) is 0.708. The number of phenols is 1. The van der Waals surface area contributed by atoms with Crippen LogP contribution in [0.1, 0.15) is 97.6 Å². The topological polar surface area (TPSA) is 60.8 Å². The Morgan fingerprint density at radius 2 is 1.34 bits per heavy atom. The van der Waals surface area contributed by atoms with Gasteiger partial charge < -0.3 is 5.11 Å². The number of amides is 1. The average Bonchev–Trinajstić information content (AvgIpc) is 2.58. The maximum absolute atomic E-state index is 11.3. The van der Waals surface area contributed by atoms with E-state index in [4.69, 9.17) is 5.21 Å². The van der Waals surface area contributed by atoms with Crippen LogP contribution in [0, 0.1) is 0 Å². The van der Waals surface area contributed by atoms with Gasteiger partial charge in [0, 0.05) is 29.5 Å². The Morgan fingerprint density at radius 3 is 1.79 bits per heavy atom. The lowest BCUT2D eigenvalue weighted by Gasteiger charge is -2.28. The molecular formula is C24H41NO3S. The van der Waals surface area contributed by atoms with E-state index < -0.39 is 0 Å². The molecule has 0 aliphatic rings. The monoisotopic (exact) mass is 423 g/mol. The Kier molecular flexibility index (Phi) is 10.0. The predicted octanol–water partition coefficient (Wildman–Crippen LogP) is 6.66. The number of unbranched alkanes of at least 4 members (excludes halogenated alkanes) is 5. The van der Waals surface area contributed by atoms with Gasteiger partial charge in [0.2, 0.25) is 5.91 Å². The van der Waals surface area contributed by atoms with Crippen LogP contribution in [0.3, 0.4) is 0 Å².